The van der Waals surface area contributed by atoms with Crippen LogP contribution >= 0.6 is 0 Å². The number of hydrogen-bond donors (Lipinski definition) is 1. The van der Waals surface area contributed by atoms with E-state index < -0.39 is 33.3 Å². The molecule has 3 aromatic rings. The zero-order chi connectivity index (χ0) is 18.2. The molecule has 0 aliphatic rings. The second-order valence-electron chi connectivity index (χ2n) is 5.28. The van der Waals surface area contributed by atoms with Gasteiger partial charge in [-0.25, -0.2) is 12.8 Å². The van der Waals surface area contributed by atoms with Crippen molar-refractivity contribution in [2.24, 2.45) is 0 Å². The van der Waals surface area contributed by atoms with Gasteiger partial charge in [-0.05, 0) is 29.7 Å². The van der Waals surface area contributed by atoms with Crippen molar-refractivity contribution in [1.29, 1.82) is 0 Å². The number of rotatable bonds is 3. The summed E-state index contributed by atoms with van der Waals surface area (Å²) in [5.41, 5.74) is -1.91. The van der Waals surface area contributed by atoms with Crippen molar-refractivity contribution in [3.05, 3.63) is 72.0 Å². The predicted molar refractivity (Wildman–Crippen MR) is 86.2 cm³/mol. The Balaban J connectivity index is 2.08. The van der Waals surface area contributed by atoms with Gasteiger partial charge in [0.1, 0.15) is 5.82 Å². The Kier molecular flexibility index (Phi) is 4.16. The molecule has 0 amide bonds. The highest BCUT2D eigenvalue weighted by Gasteiger charge is 2.31. The van der Waals surface area contributed by atoms with Gasteiger partial charge >= 0.3 is 6.18 Å². The highest BCUT2D eigenvalue weighted by molar-refractivity contribution is 7.93. The van der Waals surface area contributed by atoms with Crippen LogP contribution in [0.15, 0.2) is 65.6 Å². The molecule has 3 nitrogen and oxygen atoms in total. The number of sulfonamides is 1. The van der Waals surface area contributed by atoms with Gasteiger partial charge in [-0.1, -0.05) is 36.4 Å². The van der Waals surface area contributed by atoms with Crippen LogP contribution in [-0.4, -0.2) is 8.42 Å². The van der Waals surface area contributed by atoms with Gasteiger partial charge < -0.3 is 0 Å². The van der Waals surface area contributed by atoms with Gasteiger partial charge in [0.15, 0.2) is 0 Å². The number of benzene rings is 3. The van der Waals surface area contributed by atoms with Crippen molar-refractivity contribution in [2.45, 2.75) is 11.1 Å². The van der Waals surface area contributed by atoms with E-state index >= 15 is 0 Å². The molecule has 8 heteroatoms. The summed E-state index contributed by atoms with van der Waals surface area (Å²) in [7, 11) is -4.28. The molecule has 0 saturated carbocycles. The third-order valence-corrected chi connectivity index (χ3v) is 5.00. The van der Waals surface area contributed by atoms with E-state index in [9.17, 15) is 26.0 Å². The van der Waals surface area contributed by atoms with Crippen molar-refractivity contribution in [1.82, 2.24) is 0 Å². The Morgan fingerprint density at radius 1 is 0.880 bits per heavy atom. The molecule has 1 N–H and O–H groups in total. The van der Waals surface area contributed by atoms with Crippen molar-refractivity contribution in [3.63, 3.8) is 0 Å². The van der Waals surface area contributed by atoms with Crippen LogP contribution in [0.25, 0.3) is 10.8 Å². The topological polar surface area (TPSA) is 46.2 Å². The molecule has 0 aliphatic heterocycles. The first-order chi connectivity index (χ1) is 11.7. The Bertz CT molecular complexity index is 1040. The van der Waals surface area contributed by atoms with Crippen molar-refractivity contribution >= 4 is 26.5 Å². The number of halogens is 4. The number of nitrogens with one attached hydrogen (secondary N) is 1. The summed E-state index contributed by atoms with van der Waals surface area (Å²) < 4.78 is 79.2. The highest BCUT2D eigenvalue weighted by Crippen LogP contribution is 2.33. The van der Waals surface area contributed by atoms with E-state index in [2.05, 4.69) is 0 Å². The summed E-state index contributed by atoms with van der Waals surface area (Å²) in [5, 5.41) is 1.01. The maximum atomic E-state index is 13.8. The van der Waals surface area contributed by atoms with Gasteiger partial charge in [0.05, 0.1) is 16.1 Å². The second-order valence-corrected chi connectivity index (χ2v) is 6.93. The average Bonchev–Trinajstić information content (AvgIpc) is 2.55. The van der Waals surface area contributed by atoms with E-state index in [4.69, 9.17) is 0 Å². The fraction of sp³-hybridized carbons (Fsp3) is 0.0588. The zero-order valence-electron chi connectivity index (χ0n) is 12.5. The first-order valence-corrected chi connectivity index (χ1v) is 8.54. The summed E-state index contributed by atoms with van der Waals surface area (Å²) in [5.74, 6) is -1.10. The van der Waals surface area contributed by atoms with E-state index in [1.54, 1.807) is 30.3 Å². The summed E-state index contributed by atoms with van der Waals surface area (Å²) in [4.78, 5) is -0.151. The summed E-state index contributed by atoms with van der Waals surface area (Å²) in [6, 6.07) is 12.7. The first-order valence-electron chi connectivity index (χ1n) is 7.06. The van der Waals surface area contributed by atoms with E-state index in [0.29, 0.717) is 29.0 Å². The van der Waals surface area contributed by atoms with Crippen LogP contribution in [-0.2, 0) is 16.2 Å². The SMILES string of the molecule is O=S(=O)(Nc1cc(C(F)(F)F)ccc1F)c1cccc2ccccc12. The molecular weight excluding hydrogens is 358 g/mol. The minimum atomic E-state index is -4.71. The van der Waals surface area contributed by atoms with Crippen LogP contribution in [0.2, 0.25) is 0 Å². The lowest BCUT2D eigenvalue weighted by atomic mass is 10.1. The standard InChI is InChI=1S/C17H11F4NO2S/c18-14-9-8-12(17(19,20)21)10-15(14)22-25(23,24)16-7-3-5-11-4-1-2-6-13(11)16/h1-10,22H. The third kappa shape index (κ3) is 3.43. The van der Waals surface area contributed by atoms with Crippen LogP contribution in [0, 0.1) is 5.82 Å². The van der Waals surface area contributed by atoms with E-state index in [0.717, 1.165) is 0 Å². The number of fused-ring (bicyclic) bond motifs is 1. The lowest BCUT2D eigenvalue weighted by molar-refractivity contribution is -0.137. The number of hydrogen-bond acceptors (Lipinski definition) is 2. The lowest BCUT2D eigenvalue weighted by Gasteiger charge is -2.13. The van der Waals surface area contributed by atoms with Crippen molar-refractivity contribution in [3.8, 4) is 0 Å². The van der Waals surface area contributed by atoms with Gasteiger partial charge in [-0.2, -0.15) is 13.2 Å². The highest BCUT2D eigenvalue weighted by atomic mass is 32.2. The van der Waals surface area contributed by atoms with Crippen LogP contribution in [0.3, 0.4) is 0 Å². The molecule has 0 saturated heterocycles. The van der Waals surface area contributed by atoms with Crippen LogP contribution in [0.4, 0.5) is 23.2 Å². The monoisotopic (exact) mass is 369 g/mol. The van der Waals surface area contributed by atoms with Gasteiger partial charge in [0.2, 0.25) is 0 Å². The Morgan fingerprint density at radius 3 is 2.28 bits per heavy atom. The maximum absolute atomic E-state index is 13.8. The average molecular weight is 369 g/mol. The summed E-state index contributed by atoms with van der Waals surface area (Å²) >= 11 is 0. The second kappa shape index (κ2) is 6.03. The zero-order valence-corrected chi connectivity index (χ0v) is 13.3. The van der Waals surface area contributed by atoms with Crippen molar-refractivity contribution in [2.75, 3.05) is 4.72 Å². The first kappa shape index (κ1) is 17.2. The summed E-state index contributed by atoms with van der Waals surface area (Å²) in [6.07, 6.45) is -4.71. The predicted octanol–water partition coefficient (Wildman–Crippen LogP) is 4.80. The van der Waals surface area contributed by atoms with Gasteiger partial charge in [0.25, 0.3) is 10.0 Å². The molecule has 130 valence electrons. The Hall–Kier alpha value is -2.61. The normalized spacial score (nSPS) is 12.3. The van der Waals surface area contributed by atoms with Crippen LogP contribution in [0.5, 0.6) is 0 Å². The quantitative estimate of drug-likeness (QED) is 0.674. The Morgan fingerprint density at radius 2 is 1.56 bits per heavy atom. The molecule has 3 rings (SSSR count). The lowest BCUT2D eigenvalue weighted by Crippen LogP contribution is -2.15. The molecule has 0 aliphatic carbocycles. The number of alkyl halides is 3. The van der Waals surface area contributed by atoms with E-state index in [1.165, 1.54) is 12.1 Å². The molecule has 0 unspecified atom stereocenters. The van der Waals surface area contributed by atoms with Crippen molar-refractivity contribution < 1.29 is 26.0 Å². The molecule has 0 fully saturated rings. The molecular formula is C17H11F4NO2S. The largest absolute Gasteiger partial charge is 0.416 e. The van der Waals surface area contributed by atoms with E-state index in [1.807, 2.05) is 4.72 Å². The maximum Gasteiger partial charge on any atom is 0.416 e. The molecule has 3 aromatic carbocycles. The van der Waals surface area contributed by atoms with Gasteiger partial charge in [0, 0.05) is 5.39 Å². The van der Waals surface area contributed by atoms with Crippen LogP contribution < -0.4 is 4.72 Å². The minimum absolute atomic E-state index is 0.151. The fourth-order valence-electron chi connectivity index (χ4n) is 2.41. The van der Waals surface area contributed by atoms with Gasteiger partial charge in [-0.15, -0.1) is 0 Å². The molecule has 0 spiro atoms. The molecule has 0 radical (unpaired) electrons. The Labute approximate surface area is 141 Å². The van der Waals surface area contributed by atoms with E-state index in [-0.39, 0.29) is 4.90 Å². The summed E-state index contributed by atoms with van der Waals surface area (Å²) in [6.45, 7) is 0. The molecule has 0 aromatic heterocycles. The third-order valence-electron chi connectivity index (χ3n) is 3.58. The smallest absolute Gasteiger partial charge is 0.277 e. The number of anilines is 1. The molecule has 0 atom stereocenters. The molecule has 0 heterocycles. The van der Waals surface area contributed by atoms with Crippen LogP contribution in [0.1, 0.15) is 5.56 Å². The fourth-order valence-corrected chi connectivity index (χ4v) is 3.70. The molecule has 25 heavy (non-hydrogen) atoms. The minimum Gasteiger partial charge on any atom is -0.277 e. The molecule has 0 bridgehead atoms. The van der Waals surface area contributed by atoms with Gasteiger partial charge in [-0.3, -0.25) is 4.72 Å².